The van der Waals surface area contributed by atoms with E-state index in [1.54, 1.807) is 7.11 Å². The fourth-order valence-corrected chi connectivity index (χ4v) is 2.10. The normalized spacial score (nSPS) is 11.4. The number of methoxy groups -OCH3 is 1. The van der Waals surface area contributed by atoms with Gasteiger partial charge in [-0.25, -0.2) is 4.79 Å². The summed E-state index contributed by atoms with van der Waals surface area (Å²) in [6, 6.07) is 6.08. The summed E-state index contributed by atoms with van der Waals surface area (Å²) in [6.07, 6.45) is 0.807. The van der Waals surface area contributed by atoms with Crippen LogP contribution in [0.25, 0.3) is 0 Å². The smallest absolute Gasteiger partial charge is 0.315 e. The zero-order valence-electron chi connectivity index (χ0n) is 14.0. The maximum atomic E-state index is 11.7. The molecule has 1 aromatic carbocycles. The molecular formula is C17H28N2O2. The number of carbonyl (C=O) groups is 1. The molecule has 0 atom stereocenters. The third-order valence-corrected chi connectivity index (χ3v) is 3.10. The number of ether oxygens (including phenoxy) is 1. The second kappa shape index (κ2) is 7.34. The van der Waals surface area contributed by atoms with Crippen LogP contribution < -0.4 is 15.4 Å². The third-order valence-electron chi connectivity index (χ3n) is 3.10. The van der Waals surface area contributed by atoms with E-state index >= 15 is 0 Å². The van der Waals surface area contributed by atoms with Gasteiger partial charge in [-0.05, 0) is 50.3 Å². The highest BCUT2D eigenvalue weighted by atomic mass is 16.5. The number of benzene rings is 1. The van der Waals surface area contributed by atoms with E-state index in [1.165, 1.54) is 11.1 Å². The number of hydrogen-bond donors (Lipinski definition) is 2. The summed E-state index contributed by atoms with van der Waals surface area (Å²) in [7, 11) is 1.69. The van der Waals surface area contributed by atoms with Gasteiger partial charge in [-0.15, -0.1) is 0 Å². The van der Waals surface area contributed by atoms with Crippen molar-refractivity contribution in [1.29, 1.82) is 0 Å². The molecule has 0 radical (unpaired) electrons. The minimum absolute atomic E-state index is 0.125. The van der Waals surface area contributed by atoms with E-state index in [0.29, 0.717) is 12.5 Å². The molecule has 0 bridgehead atoms. The highest BCUT2D eigenvalue weighted by Gasteiger charge is 2.13. The topological polar surface area (TPSA) is 50.4 Å². The van der Waals surface area contributed by atoms with Gasteiger partial charge >= 0.3 is 6.03 Å². The van der Waals surface area contributed by atoms with Crippen LogP contribution in [0.5, 0.6) is 5.75 Å². The standard InChI is InChI=1S/C17H28N2O2/c1-12(2)14-11-13(7-8-15(14)21-6)9-10-18-16(20)19-17(3,4)5/h7-8,11-12H,9-10H2,1-6H3,(H2,18,19,20). The molecule has 0 aromatic heterocycles. The molecule has 0 aliphatic carbocycles. The molecule has 1 rings (SSSR count). The maximum absolute atomic E-state index is 11.7. The van der Waals surface area contributed by atoms with Gasteiger partial charge in [0.05, 0.1) is 7.11 Å². The van der Waals surface area contributed by atoms with Crippen molar-refractivity contribution in [3.05, 3.63) is 29.3 Å². The number of rotatable bonds is 5. The van der Waals surface area contributed by atoms with E-state index in [0.717, 1.165) is 12.2 Å². The SMILES string of the molecule is COc1ccc(CCNC(=O)NC(C)(C)C)cc1C(C)C. The fraction of sp³-hybridized carbons (Fsp3) is 0.588. The van der Waals surface area contributed by atoms with Gasteiger partial charge < -0.3 is 15.4 Å². The zero-order chi connectivity index (χ0) is 16.0. The fourth-order valence-electron chi connectivity index (χ4n) is 2.10. The molecule has 0 saturated carbocycles. The van der Waals surface area contributed by atoms with Crippen LogP contribution in [0, 0.1) is 0 Å². The lowest BCUT2D eigenvalue weighted by molar-refractivity contribution is 0.232. The molecule has 0 fully saturated rings. The average molecular weight is 292 g/mol. The summed E-state index contributed by atoms with van der Waals surface area (Å²) in [5, 5.41) is 5.77. The van der Waals surface area contributed by atoms with Gasteiger partial charge in [-0.2, -0.15) is 0 Å². The van der Waals surface area contributed by atoms with Crippen LogP contribution in [0.1, 0.15) is 51.7 Å². The lowest BCUT2D eigenvalue weighted by atomic mass is 9.98. The summed E-state index contributed by atoms with van der Waals surface area (Å²) in [5.41, 5.74) is 2.19. The number of amides is 2. The van der Waals surface area contributed by atoms with E-state index in [-0.39, 0.29) is 11.6 Å². The van der Waals surface area contributed by atoms with E-state index in [9.17, 15) is 4.79 Å². The van der Waals surface area contributed by atoms with Crippen LogP contribution in [0.15, 0.2) is 18.2 Å². The van der Waals surface area contributed by atoms with E-state index in [4.69, 9.17) is 4.74 Å². The Hall–Kier alpha value is -1.71. The highest BCUT2D eigenvalue weighted by molar-refractivity contribution is 5.74. The minimum atomic E-state index is -0.213. The van der Waals surface area contributed by atoms with Crippen molar-refractivity contribution >= 4 is 6.03 Å². The number of nitrogens with one attached hydrogen (secondary N) is 2. The van der Waals surface area contributed by atoms with Gasteiger partial charge in [0.25, 0.3) is 0 Å². The van der Waals surface area contributed by atoms with Crippen molar-refractivity contribution in [2.45, 2.75) is 52.5 Å². The molecule has 2 amide bonds. The monoisotopic (exact) mass is 292 g/mol. The first-order valence-electron chi connectivity index (χ1n) is 7.46. The van der Waals surface area contributed by atoms with Crippen molar-refractivity contribution in [3.63, 3.8) is 0 Å². The molecule has 21 heavy (non-hydrogen) atoms. The maximum Gasteiger partial charge on any atom is 0.315 e. The predicted octanol–water partition coefficient (Wildman–Crippen LogP) is 3.46. The van der Waals surface area contributed by atoms with Crippen molar-refractivity contribution in [1.82, 2.24) is 10.6 Å². The first-order valence-corrected chi connectivity index (χ1v) is 7.46. The Morgan fingerprint density at radius 2 is 1.95 bits per heavy atom. The number of hydrogen-bond acceptors (Lipinski definition) is 2. The molecule has 0 aliphatic heterocycles. The summed E-state index contributed by atoms with van der Waals surface area (Å²) in [6.45, 7) is 10.8. The summed E-state index contributed by atoms with van der Waals surface area (Å²) in [5.74, 6) is 1.34. The predicted molar refractivity (Wildman–Crippen MR) is 87.1 cm³/mol. The molecular weight excluding hydrogens is 264 g/mol. The van der Waals surface area contributed by atoms with Crippen molar-refractivity contribution in [2.75, 3.05) is 13.7 Å². The zero-order valence-corrected chi connectivity index (χ0v) is 14.0. The van der Waals surface area contributed by atoms with Crippen LogP contribution in [0.2, 0.25) is 0 Å². The third kappa shape index (κ3) is 6.06. The van der Waals surface area contributed by atoms with Gasteiger partial charge in [-0.1, -0.05) is 26.0 Å². The Morgan fingerprint density at radius 1 is 1.29 bits per heavy atom. The lowest BCUT2D eigenvalue weighted by Gasteiger charge is -2.20. The highest BCUT2D eigenvalue weighted by Crippen LogP contribution is 2.27. The van der Waals surface area contributed by atoms with Crippen LogP contribution in [-0.2, 0) is 6.42 Å². The Bertz CT molecular complexity index is 476. The molecule has 0 aliphatic rings. The molecule has 1 aromatic rings. The molecule has 4 heteroatoms. The van der Waals surface area contributed by atoms with Crippen LogP contribution in [-0.4, -0.2) is 25.2 Å². The van der Waals surface area contributed by atoms with E-state index in [2.05, 4.69) is 30.5 Å². The molecule has 0 spiro atoms. The first-order chi connectivity index (χ1) is 9.73. The summed E-state index contributed by atoms with van der Waals surface area (Å²) >= 11 is 0. The minimum Gasteiger partial charge on any atom is -0.496 e. The van der Waals surface area contributed by atoms with Crippen molar-refractivity contribution in [2.24, 2.45) is 0 Å². The average Bonchev–Trinajstić information content (AvgIpc) is 2.36. The van der Waals surface area contributed by atoms with Crippen molar-refractivity contribution in [3.8, 4) is 5.75 Å². The first kappa shape index (κ1) is 17.3. The van der Waals surface area contributed by atoms with E-state index in [1.807, 2.05) is 32.9 Å². The quantitative estimate of drug-likeness (QED) is 0.873. The molecule has 2 N–H and O–H groups in total. The number of carbonyl (C=O) groups excluding carboxylic acids is 1. The largest absolute Gasteiger partial charge is 0.496 e. The molecule has 0 saturated heterocycles. The molecule has 118 valence electrons. The second-order valence-corrected chi connectivity index (χ2v) is 6.61. The lowest BCUT2D eigenvalue weighted by Crippen LogP contribution is -2.46. The van der Waals surface area contributed by atoms with Gasteiger partial charge in [0, 0.05) is 12.1 Å². The van der Waals surface area contributed by atoms with Crippen LogP contribution in [0.4, 0.5) is 4.79 Å². The Labute approximate surface area is 128 Å². The van der Waals surface area contributed by atoms with E-state index < -0.39 is 0 Å². The summed E-state index contributed by atoms with van der Waals surface area (Å²) in [4.78, 5) is 11.7. The van der Waals surface area contributed by atoms with Gasteiger partial charge in [-0.3, -0.25) is 0 Å². The second-order valence-electron chi connectivity index (χ2n) is 6.61. The van der Waals surface area contributed by atoms with Crippen LogP contribution >= 0.6 is 0 Å². The van der Waals surface area contributed by atoms with Gasteiger partial charge in [0.15, 0.2) is 0 Å². The Morgan fingerprint density at radius 3 is 2.48 bits per heavy atom. The van der Waals surface area contributed by atoms with Gasteiger partial charge in [0.1, 0.15) is 5.75 Å². The Balaban J connectivity index is 2.56. The molecule has 0 unspecified atom stereocenters. The summed E-state index contributed by atoms with van der Waals surface area (Å²) < 4.78 is 5.38. The molecule has 0 heterocycles. The van der Waals surface area contributed by atoms with Crippen LogP contribution in [0.3, 0.4) is 0 Å². The van der Waals surface area contributed by atoms with Gasteiger partial charge in [0.2, 0.25) is 0 Å². The number of urea groups is 1. The Kier molecular flexibility index (Phi) is 6.06. The van der Waals surface area contributed by atoms with Crippen molar-refractivity contribution < 1.29 is 9.53 Å². The molecule has 4 nitrogen and oxygen atoms in total.